The van der Waals surface area contributed by atoms with Crippen LogP contribution in [0.15, 0.2) is 54.2 Å². The molecular weight excluding hydrogens is 355 g/mol. The molecule has 2 heterocycles. The Morgan fingerprint density at radius 2 is 1.50 bits per heavy atom. The zero-order chi connectivity index (χ0) is 19.8. The van der Waals surface area contributed by atoms with Gasteiger partial charge in [-0.3, -0.25) is 9.59 Å². The van der Waals surface area contributed by atoms with Gasteiger partial charge in [0.05, 0.1) is 11.3 Å². The number of amides is 2. The molecule has 2 aromatic rings. The number of piperidine rings is 1. The molecule has 0 N–H and O–H groups in total. The molecule has 0 atom stereocenters. The van der Waals surface area contributed by atoms with Gasteiger partial charge in [-0.25, -0.2) is 9.29 Å². The van der Waals surface area contributed by atoms with Crippen molar-refractivity contribution in [1.82, 2.24) is 4.90 Å². The van der Waals surface area contributed by atoms with Crippen molar-refractivity contribution in [2.24, 2.45) is 5.92 Å². The number of anilines is 1. The van der Waals surface area contributed by atoms with E-state index in [1.165, 1.54) is 17.0 Å². The number of rotatable bonds is 3. The van der Waals surface area contributed by atoms with Crippen molar-refractivity contribution in [2.45, 2.75) is 26.7 Å². The Morgan fingerprint density at radius 3 is 2.11 bits per heavy atom. The van der Waals surface area contributed by atoms with Gasteiger partial charge >= 0.3 is 0 Å². The molecule has 0 radical (unpaired) electrons. The second kappa shape index (κ2) is 7.23. The molecule has 5 heteroatoms. The summed E-state index contributed by atoms with van der Waals surface area (Å²) in [5.41, 5.74) is 2.98. The second-order valence-electron chi connectivity index (χ2n) is 7.68. The summed E-state index contributed by atoms with van der Waals surface area (Å²) in [5, 5.41) is 0. The molecule has 0 spiro atoms. The summed E-state index contributed by atoms with van der Waals surface area (Å²) in [6.45, 7) is 5.64. The van der Waals surface area contributed by atoms with Crippen molar-refractivity contribution in [3.63, 3.8) is 0 Å². The topological polar surface area (TPSA) is 40.6 Å². The fourth-order valence-corrected chi connectivity index (χ4v) is 3.85. The van der Waals surface area contributed by atoms with Gasteiger partial charge in [-0.15, -0.1) is 0 Å². The lowest BCUT2D eigenvalue weighted by Crippen LogP contribution is -2.38. The highest BCUT2D eigenvalue weighted by atomic mass is 19.1. The number of aryl methyl sites for hydroxylation is 1. The Kier molecular flexibility index (Phi) is 4.75. The molecule has 0 aliphatic carbocycles. The zero-order valence-corrected chi connectivity index (χ0v) is 16.1. The number of benzene rings is 2. The van der Waals surface area contributed by atoms with Gasteiger partial charge in [0, 0.05) is 13.1 Å². The molecule has 1 saturated heterocycles. The number of hydrogen-bond donors (Lipinski definition) is 0. The number of imide groups is 1. The molecule has 144 valence electrons. The van der Waals surface area contributed by atoms with E-state index in [-0.39, 0.29) is 17.6 Å². The van der Waals surface area contributed by atoms with Crippen LogP contribution in [0.4, 0.5) is 10.1 Å². The zero-order valence-electron chi connectivity index (χ0n) is 16.1. The van der Waals surface area contributed by atoms with E-state index >= 15 is 0 Å². The highest BCUT2D eigenvalue weighted by molar-refractivity contribution is 6.45. The number of carbonyl (C=O) groups excluding carboxylic acids is 2. The lowest BCUT2D eigenvalue weighted by Gasteiger charge is -2.32. The number of hydrogen-bond acceptors (Lipinski definition) is 3. The van der Waals surface area contributed by atoms with Crippen molar-refractivity contribution >= 4 is 23.1 Å². The van der Waals surface area contributed by atoms with Crippen LogP contribution < -0.4 is 4.90 Å². The Balaban J connectivity index is 1.79. The standard InChI is InChI=1S/C23H23FN2O2/c1-15-3-9-19(10-4-15)26-22(27)20(17-5-7-18(24)8-6-17)21(23(26)28)25-13-11-16(2)12-14-25/h3-10,16H,11-14H2,1-2H3. The molecule has 0 aromatic heterocycles. The minimum atomic E-state index is -0.370. The highest BCUT2D eigenvalue weighted by Crippen LogP contribution is 2.36. The predicted octanol–water partition coefficient (Wildman–Crippen LogP) is 4.15. The largest absolute Gasteiger partial charge is 0.366 e. The monoisotopic (exact) mass is 378 g/mol. The Morgan fingerprint density at radius 1 is 0.893 bits per heavy atom. The molecule has 0 bridgehead atoms. The van der Waals surface area contributed by atoms with Gasteiger partial charge in [-0.2, -0.15) is 0 Å². The van der Waals surface area contributed by atoms with E-state index in [0.717, 1.165) is 31.5 Å². The van der Waals surface area contributed by atoms with Crippen LogP contribution >= 0.6 is 0 Å². The van der Waals surface area contributed by atoms with Crippen molar-refractivity contribution in [3.05, 3.63) is 71.2 Å². The number of nitrogens with zero attached hydrogens (tertiary/aromatic N) is 2. The SMILES string of the molecule is Cc1ccc(N2C(=O)C(c3ccc(F)cc3)=C(N3CCC(C)CC3)C2=O)cc1. The van der Waals surface area contributed by atoms with Gasteiger partial charge in [0.25, 0.3) is 11.8 Å². The first-order valence-electron chi connectivity index (χ1n) is 9.66. The van der Waals surface area contributed by atoms with E-state index in [1.54, 1.807) is 24.3 Å². The van der Waals surface area contributed by atoms with E-state index in [0.29, 0.717) is 28.4 Å². The maximum atomic E-state index is 13.4. The van der Waals surface area contributed by atoms with Gasteiger partial charge in [0.2, 0.25) is 0 Å². The van der Waals surface area contributed by atoms with Crippen LogP contribution in [0.25, 0.3) is 5.57 Å². The van der Waals surface area contributed by atoms with E-state index in [9.17, 15) is 14.0 Å². The second-order valence-corrected chi connectivity index (χ2v) is 7.68. The van der Waals surface area contributed by atoms with E-state index in [2.05, 4.69) is 6.92 Å². The molecular formula is C23H23FN2O2. The first-order chi connectivity index (χ1) is 13.5. The molecule has 2 aliphatic heterocycles. The van der Waals surface area contributed by atoms with Gasteiger partial charge in [0.1, 0.15) is 11.5 Å². The van der Waals surface area contributed by atoms with E-state index in [4.69, 9.17) is 0 Å². The first kappa shape index (κ1) is 18.4. The third kappa shape index (κ3) is 3.21. The van der Waals surface area contributed by atoms with Crippen molar-refractivity contribution in [3.8, 4) is 0 Å². The maximum Gasteiger partial charge on any atom is 0.282 e. The van der Waals surface area contributed by atoms with Crippen molar-refractivity contribution < 1.29 is 14.0 Å². The predicted molar refractivity (Wildman–Crippen MR) is 107 cm³/mol. The molecule has 2 amide bonds. The quantitative estimate of drug-likeness (QED) is 0.754. The summed E-state index contributed by atoms with van der Waals surface area (Å²) in [6, 6.07) is 13.1. The molecule has 0 saturated carbocycles. The van der Waals surface area contributed by atoms with Gasteiger partial charge < -0.3 is 4.90 Å². The third-order valence-electron chi connectivity index (χ3n) is 5.58. The summed E-state index contributed by atoms with van der Waals surface area (Å²) in [4.78, 5) is 30.0. The first-order valence-corrected chi connectivity index (χ1v) is 9.66. The summed E-state index contributed by atoms with van der Waals surface area (Å²) >= 11 is 0. The average Bonchev–Trinajstić information content (AvgIpc) is 2.94. The van der Waals surface area contributed by atoms with E-state index in [1.807, 2.05) is 24.0 Å². The van der Waals surface area contributed by atoms with Crippen LogP contribution in [0.5, 0.6) is 0 Å². The van der Waals surface area contributed by atoms with Gasteiger partial charge in [0.15, 0.2) is 0 Å². The normalized spacial score (nSPS) is 18.4. The molecule has 1 fully saturated rings. The number of likely N-dealkylation sites (tertiary alicyclic amines) is 1. The molecule has 2 aliphatic rings. The molecule has 28 heavy (non-hydrogen) atoms. The number of halogens is 1. The maximum absolute atomic E-state index is 13.4. The fraction of sp³-hybridized carbons (Fsp3) is 0.304. The van der Waals surface area contributed by atoms with Crippen LogP contribution in [0.2, 0.25) is 0 Å². The summed E-state index contributed by atoms with van der Waals surface area (Å²) in [5.74, 6) is -0.423. The lowest BCUT2D eigenvalue weighted by molar-refractivity contribution is -0.120. The van der Waals surface area contributed by atoms with Gasteiger partial charge in [-0.05, 0) is 55.5 Å². The minimum Gasteiger partial charge on any atom is -0.366 e. The number of carbonyl (C=O) groups is 2. The van der Waals surface area contributed by atoms with Crippen LogP contribution in [0.1, 0.15) is 30.9 Å². The Bertz CT molecular complexity index is 940. The summed E-state index contributed by atoms with van der Waals surface area (Å²) in [7, 11) is 0. The lowest BCUT2D eigenvalue weighted by atomic mass is 9.97. The van der Waals surface area contributed by atoms with Crippen LogP contribution in [-0.4, -0.2) is 29.8 Å². The van der Waals surface area contributed by atoms with Crippen LogP contribution in [-0.2, 0) is 9.59 Å². The molecule has 4 rings (SSSR count). The third-order valence-corrected chi connectivity index (χ3v) is 5.58. The molecule has 4 nitrogen and oxygen atoms in total. The fourth-order valence-electron chi connectivity index (χ4n) is 3.85. The summed E-state index contributed by atoms with van der Waals surface area (Å²) < 4.78 is 13.4. The molecule has 0 unspecified atom stereocenters. The smallest absolute Gasteiger partial charge is 0.282 e. The van der Waals surface area contributed by atoms with E-state index < -0.39 is 0 Å². The van der Waals surface area contributed by atoms with Crippen LogP contribution in [0.3, 0.4) is 0 Å². The van der Waals surface area contributed by atoms with Gasteiger partial charge in [-0.1, -0.05) is 36.8 Å². The average molecular weight is 378 g/mol. The minimum absolute atomic E-state index is 0.303. The molecule has 2 aromatic carbocycles. The summed E-state index contributed by atoms with van der Waals surface area (Å²) in [6.07, 6.45) is 1.96. The van der Waals surface area contributed by atoms with Crippen molar-refractivity contribution in [2.75, 3.05) is 18.0 Å². The van der Waals surface area contributed by atoms with Crippen molar-refractivity contribution in [1.29, 1.82) is 0 Å². The Hall–Kier alpha value is -2.95. The Labute approximate surface area is 164 Å². The highest BCUT2D eigenvalue weighted by Gasteiger charge is 2.42. The van der Waals surface area contributed by atoms with Crippen LogP contribution in [0, 0.1) is 18.7 Å².